The highest BCUT2D eigenvalue weighted by Gasteiger charge is 2.55. The number of nitrogens with zero attached hydrogens (tertiary/aromatic N) is 3. The van der Waals surface area contributed by atoms with Crippen molar-refractivity contribution in [2.24, 2.45) is 11.8 Å². The molecule has 1 amide bonds. The molecular weight excluding hydrogens is 404 g/mol. The van der Waals surface area contributed by atoms with Crippen LogP contribution in [0.25, 0.3) is 6.08 Å². The van der Waals surface area contributed by atoms with Gasteiger partial charge in [0.05, 0.1) is 12.1 Å². The number of hydrogen-bond donors (Lipinski definition) is 2. The number of aliphatic hydroxyl groups is 1. The second-order valence-corrected chi connectivity index (χ2v) is 9.19. The molecule has 2 N–H and O–H groups in total. The van der Waals surface area contributed by atoms with E-state index in [1.807, 2.05) is 47.9 Å². The van der Waals surface area contributed by atoms with Crippen LogP contribution in [0.1, 0.15) is 49.0 Å². The third-order valence-corrected chi connectivity index (χ3v) is 7.40. The third kappa shape index (κ3) is 3.49. The molecule has 1 saturated carbocycles. The van der Waals surface area contributed by atoms with Gasteiger partial charge in [-0.25, -0.2) is 0 Å². The number of aliphatic hydroxyl groups excluding tert-OH is 1. The first kappa shape index (κ1) is 21.1. The van der Waals surface area contributed by atoms with Gasteiger partial charge >= 0.3 is 0 Å². The number of fused-ring (bicyclic) bond motifs is 3. The molecule has 0 unspecified atom stereocenters. The summed E-state index contributed by atoms with van der Waals surface area (Å²) in [5, 5.41) is 13.6. The number of hydrogen-bond acceptors (Lipinski definition) is 5. The van der Waals surface area contributed by atoms with Crippen LogP contribution in [0.3, 0.4) is 0 Å². The van der Waals surface area contributed by atoms with Crippen molar-refractivity contribution in [1.82, 2.24) is 19.8 Å². The van der Waals surface area contributed by atoms with Gasteiger partial charge in [0.15, 0.2) is 0 Å². The van der Waals surface area contributed by atoms with Crippen molar-refractivity contribution in [1.29, 1.82) is 0 Å². The Labute approximate surface area is 187 Å². The summed E-state index contributed by atoms with van der Waals surface area (Å²) in [5.74, 6) is -0.226. The number of likely N-dealkylation sites (tertiary alicyclic amines) is 1. The quantitative estimate of drug-likeness (QED) is 0.727. The van der Waals surface area contributed by atoms with Crippen LogP contribution in [0.15, 0.2) is 47.5 Å². The Balaban J connectivity index is 1.55. The van der Waals surface area contributed by atoms with Crippen LogP contribution in [0.5, 0.6) is 0 Å². The Morgan fingerprint density at radius 1 is 1.25 bits per heavy atom. The van der Waals surface area contributed by atoms with Crippen molar-refractivity contribution >= 4 is 12.0 Å². The maximum atomic E-state index is 13.4. The third-order valence-electron chi connectivity index (χ3n) is 7.40. The van der Waals surface area contributed by atoms with Gasteiger partial charge < -0.3 is 15.0 Å². The smallest absolute Gasteiger partial charge is 0.258 e. The second kappa shape index (κ2) is 8.64. The van der Waals surface area contributed by atoms with Gasteiger partial charge in [0.1, 0.15) is 0 Å². The van der Waals surface area contributed by atoms with Crippen molar-refractivity contribution in [3.05, 3.63) is 69.9 Å². The average molecular weight is 435 g/mol. The molecule has 0 bridgehead atoms. The Morgan fingerprint density at radius 2 is 2.03 bits per heavy atom. The Hall–Kier alpha value is -2.77. The Kier molecular flexibility index (Phi) is 5.69. The highest BCUT2D eigenvalue weighted by molar-refractivity contribution is 5.83. The van der Waals surface area contributed by atoms with Crippen LogP contribution < -0.4 is 10.9 Å². The summed E-state index contributed by atoms with van der Waals surface area (Å²) in [4.78, 5) is 32.8. The van der Waals surface area contributed by atoms with E-state index in [2.05, 4.69) is 15.2 Å². The summed E-state index contributed by atoms with van der Waals surface area (Å²) in [6.45, 7) is 2.90. The minimum absolute atomic E-state index is 0.00311. The van der Waals surface area contributed by atoms with E-state index in [4.69, 9.17) is 0 Å². The fraction of sp³-hybridized carbons (Fsp3) is 0.480. The highest BCUT2D eigenvalue weighted by atomic mass is 16.3. The lowest BCUT2D eigenvalue weighted by atomic mass is 9.87. The van der Waals surface area contributed by atoms with E-state index in [-0.39, 0.29) is 42.0 Å². The van der Waals surface area contributed by atoms with Crippen molar-refractivity contribution in [2.45, 2.75) is 57.4 Å². The van der Waals surface area contributed by atoms with Gasteiger partial charge in [0.2, 0.25) is 5.91 Å². The number of carbonyl (C=O) groups is 1. The summed E-state index contributed by atoms with van der Waals surface area (Å²) in [5.41, 5.74) is 2.65. The highest BCUT2D eigenvalue weighted by Crippen LogP contribution is 2.49. The largest absolute Gasteiger partial charge is 0.396 e. The fourth-order valence-corrected chi connectivity index (χ4v) is 5.65. The van der Waals surface area contributed by atoms with Gasteiger partial charge in [-0.05, 0) is 56.0 Å². The first-order valence-corrected chi connectivity index (χ1v) is 11.5. The number of amides is 1. The van der Waals surface area contributed by atoms with E-state index in [0.29, 0.717) is 18.7 Å². The van der Waals surface area contributed by atoms with E-state index in [1.165, 1.54) is 0 Å². The first-order valence-electron chi connectivity index (χ1n) is 11.5. The number of carbonyl (C=O) groups excluding carboxylic acids is 1. The van der Waals surface area contributed by atoms with E-state index >= 15 is 0 Å². The molecule has 2 aromatic heterocycles. The van der Waals surface area contributed by atoms with E-state index in [9.17, 15) is 14.7 Å². The lowest BCUT2D eigenvalue weighted by Crippen LogP contribution is -2.52. The minimum atomic E-state index is -0.428. The molecule has 5 rings (SSSR count). The zero-order chi connectivity index (χ0) is 22.2. The molecule has 168 valence electrons. The summed E-state index contributed by atoms with van der Waals surface area (Å²) >= 11 is 0. The van der Waals surface area contributed by atoms with Crippen molar-refractivity contribution in [3.8, 4) is 0 Å². The maximum absolute atomic E-state index is 13.4. The number of aromatic nitrogens is 2. The molecule has 2 aliphatic heterocycles. The SMILES string of the molecule is C/C=C\c1ccc2n(c1=O)C[C@H]1[C@H](CO)[C@@H](C(=O)NC3CCC3)N(Cc3ccncc3)[C@@H]21. The molecule has 3 aliphatic rings. The number of rotatable bonds is 6. The minimum Gasteiger partial charge on any atom is -0.396 e. The molecule has 4 heterocycles. The molecule has 2 fully saturated rings. The summed E-state index contributed by atoms with van der Waals surface area (Å²) < 4.78 is 1.84. The predicted molar refractivity (Wildman–Crippen MR) is 122 cm³/mol. The molecule has 1 aliphatic carbocycles. The summed E-state index contributed by atoms with van der Waals surface area (Å²) in [6, 6.07) is 7.52. The number of pyridine rings is 2. The molecular formula is C25H30N4O3. The molecule has 0 radical (unpaired) electrons. The van der Waals surface area contributed by atoms with Crippen LogP contribution in [0.4, 0.5) is 0 Å². The molecule has 4 atom stereocenters. The molecule has 0 aromatic carbocycles. The van der Waals surface area contributed by atoms with E-state index < -0.39 is 6.04 Å². The van der Waals surface area contributed by atoms with Gasteiger partial charge in [-0.15, -0.1) is 0 Å². The van der Waals surface area contributed by atoms with Gasteiger partial charge in [-0.3, -0.25) is 19.5 Å². The van der Waals surface area contributed by atoms with Crippen LogP contribution in [0.2, 0.25) is 0 Å². The van der Waals surface area contributed by atoms with E-state index in [0.717, 1.165) is 30.5 Å². The lowest BCUT2D eigenvalue weighted by Gasteiger charge is -2.34. The summed E-state index contributed by atoms with van der Waals surface area (Å²) in [7, 11) is 0. The molecule has 2 aromatic rings. The van der Waals surface area contributed by atoms with Crippen LogP contribution >= 0.6 is 0 Å². The Morgan fingerprint density at radius 3 is 2.69 bits per heavy atom. The van der Waals surface area contributed by atoms with Gasteiger partial charge in [0.25, 0.3) is 5.56 Å². The van der Waals surface area contributed by atoms with Crippen molar-refractivity contribution in [2.75, 3.05) is 6.61 Å². The monoisotopic (exact) mass is 434 g/mol. The Bertz CT molecular complexity index is 1080. The van der Waals surface area contributed by atoms with E-state index in [1.54, 1.807) is 12.4 Å². The van der Waals surface area contributed by atoms with Crippen LogP contribution in [-0.2, 0) is 17.9 Å². The fourth-order valence-electron chi connectivity index (χ4n) is 5.65. The zero-order valence-electron chi connectivity index (χ0n) is 18.4. The van der Waals surface area contributed by atoms with Gasteiger partial charge in [0, 0.05) is 61.2 Å². The van der Waals surface area contributed by atoms with Crippen LogP contribution in [-0.4, -0.2) is 44.2 Å². The molecule has 7 nitrogen and oxygen atoms in total. The maximum Gasteiger partial charge on any atom is 0.258 e. The van der Waals surface area contributed by atoms with Gasteiger partial charge in [-0.2, -0.15) is 0 Å². The summed E-state index contributed by atoms with van der Waals surface area (Å²) in [6.07, 6.45) is 10.4. The number of nitrogens with one attached hydrogen (secondary N) is 1. The zero-order valence-corrected chi connectivity index (χ0v) is 18.4. The standard InChI is InChI=1S/C25H30N4O3/c1-2-4-17-7-8-21-22-19(14-28(21)25(17)32)20(15-30)23(24(31)27-18-5-3-6-18)29(22)13-16-9-11-26-12-10-16/h2,4,7-12,18-20,22-23,30H,3,5-6,13-15H2,1H3,(H,27,31)/b4-2-/t19-,20-,22+,23-/m0/s1. The molecule has 32 heavy (non-hydrogen) atoms. The number of allylic oxidation sites excluding steroid dienone is 1. The average Bonchev–Trinajstić information content (AvgIpc) is 3.29. The van der Waals surface area contributed by atoms with Crippen LogP contribution in [0, 0.1) is 11.8 Å². The van der Waals surface area contributed by atoms with Crippen molar-refractivity contribution < 1.29 is 9.90 Å². The molecule has 1 saturated heterocycles. The lowest BCUT2D eigenvalue weighted by molar-refractivity contribution is -0.129. The molecule has 7 heteroatoms. The normalized spacial score (nSPS) is 27.3. The van der Waals surface area contributed by atoms with Crippen molar-refractivity contribution in [3.63, 3.8) is 0 Å². The predicted octanol–water partition coefficient (Wildman–Crippen LogP) is 2.11. The van der Waals surface area contributed by atoms with Gasteiger partial charge in [-0.1, -0.05) is 12.2 Å². The first-order chi connectivity index (χ1) is 15.6. The topological polar surface area (TPSA) is 87.5 Å². The molecule has 0 spiro atoms. The second-order valence-electron chi connectivity index (χ2n) is 9.19.